The Morgan fingerprint density at radius 1 is 1.14 bits per heavy atom. The van der Waals surface area contributed by atoms with Gasteiger partial charge >= 0.3 is 0 Å². The van der Waals surface area contributed by atoms with E-state index in [9.17, 15) is 8.42 Å². The summed E-state index contributed by atoms with van der Waals surface area (Å²) in [6.45, 7) is 6.93. The van der Waals surface area contributed by atoms with Gasteiger partial charge in [-0.3, -0.25) is 4.99 Å². The van der Waals surface area contributed by atoms with Crippen LogP contribution in [0.5, 0.6) is 0 Å². The Morgan fingerprint density at radius 2 is 1.82 bits per heavy atom. The second-order valence-electron chi connectivity index (χ2n) is 7.33. The number of aliphatic imine (C=N–C) groups is 1. The van der Waals surface area contributed by atoms with E-state index >= 15 is 0 Å². The first kappa shape index (κ1) is 25.2. The summed E-state index contributed by atoms with van der Waals surface area (Å²) in [6.07, 6.45) is 7.74. The minimum absolute atomic E-state index is 0. The first-order valence-corrected chi connectivity index (χ1v) is 11.8. The van der Waals surface area contributed by atoms with Crippen molar-refractivity contribution in [1.82, 2.24) is 15.5 Å². The second-order valence-corrected chi connectivity index (χ2v) is 9.32. The molecule has 0 bridgehead atoms. The third-order valence-corrected chi connectivity index (χ3v) is 6.22. The second kappa shape index (κ2) is 12.6. The van der Waals surface area contributed by atoms with Gasteiger partial charge < -0.3 is 15.5 Å². The topological polar surface area (TPSA) is 73.8 Å². The van der Waals surface area contributed by atoms with Crippen molar-refractivity contribution in [2.45, 2.75) is 50.5 Å². The van der Waals surface area contributed by atoms with Crippen LogP contribution >= 0.6 is 24.0 Å². The van der Waals surface area contributed by atoms with E-state index in [1.807, 2.05) is 19.1 Å². The maximum absolute atomic E-state index is 11.7. The van der Waals surface area contributed by atoms with Gasteiger partial charge in [0.2, 0.25) is 0 Å². The quantitative estimate of drug-likeness (QED) is 0.249. The molecule has 1 aromatic carbocycles. The molecular formula is C20H35IN4O2S. The van der Waals surface area contributed by atoms with Crippen LogP contribution in [-0.4, -0.2) is 58.8 Å². The van der Waals surface area contributed by atoms with Crippen LogP contribution < -0.4 is 10.6 Å². The highest BCUT2D eigenvalue weighted by atomic mass is 127. The van der Waals surface area contributed by atoms with Gasteiger partial charge in [0.15, 0.2) is 15.8 Å². The van der Waals surface area contributed by atoms with Crippen molar-refractivity contribution in [1.29, 1.82) is 0 Å². The lowest BCUT2D eigenvalue weighted by atomic mass is 10.1. The lowest BCUT2D eigenvalue weighted by Gasteiger charge is -2.20. The number of halogens is 1. The van der Waals surface area contributed by atoms with E-state index in [0.717, 1.165) is 36.6 Å². The van der Waals surface area contributed by atoms with Gasteiger partial charge in [0.1, 0.15) is 0 Å². The average molecular weight is 522 g/mol. The van der Waals surface area contributed by atoms with Gasteiger partial charge in [-0.1, -0.05) is 25.0 Å². The van der Waals surface area contributed by atoms with Crippen LogP contribution in [0.25, 0.3) is 0 Å². The third kappa shape index (κ3) is 8.65. The van der Waals surface area contributed by atoms with Crippen molar-refractivity contribution in [2.24, 2.45) is 4.99 Å². The van der Waals surface area contributed by atoms with E-state index in [-0.39, 0.29) is 24.0 Å². The van der Waals surface area contributed by atoms with Gasteiger partial charge in [0.05, 0.1) is 4.90 Å². The zero-order chi connectivity index (χ0) is 19.7. The van der Waals surface area contributed by atoms with Crippen LogP contribution in [0.15, 0.2) is 28.1 Å². The Bertz CT molecular complexity index is 730. The van der Waals surface area contributed by atoms with E-state index in [1.165, 1.54) is 45.0 Å². The predicted molar refractivity (Wildman–Crippen MR) is 127 cm³/mol. The minimum atomic E-state index is -3.17. The molecule has 1 saturated heterocycles. The highest BCUT2D eigenvalue weighted by Crippen LogP contribution is 2.16. The highest BCUT2D eigenvalue weighted by molar-refractivity contribution is 14.0. The summed E-state index contributed by atoms with van der Waals surface area (Å²) in [6, 6.07) is 5.44. The molecule has 0 aliphatic carbocycles. The highest BCUT2D eigenvalue weighted by Gasteiger charge is 2.11. The lowest BCUT2D eigenvalue weighted by Crippen LogP contribution is -2.38. The first-order chi connectivity index (χ1) is 12.9. The zero-order valence-electron chi connectivity index (χ0n) is 17.3. The molecule has 1 fully saturated rings. The molecule has 0 unspecified atom stereocenters. The molecule has 0 radical (unpaired) electrons. The molecule has 2 rings (SSSR count). The van der Waals surface area contributed by atoms with E-state index in [4.69, 9.17) is 0 Å². The molecule has 0 atom stereocenters. The number of guanidine groups is 1. The smallest absolute Gasteiger partial charge is 0.191 e. The molecular weight excluding hydrogens is 487 g/mol. The summed E-state index contributed by atoms with van der Waals surface area (Å²) in [7, 11) is -1.41. The van der Waals surface area contributed by atoms with Gasteiger partial charge in [-0.25, -0.2) is 8.42 Å². The zero-order valence-corrected chi connectivity index (χ0v) is 20.5. The molecule has 1 heterocycles. The van der Waals surface area contributed by atoms with Gasteiger partial charge in [-0.2, -0.15) is 0 Å². The summed E-state index contributed by atoms with van der Waals surface area (Å²) >= 11 is 0. The maximum atomic E-state index is 11.7. The fourth-order valence-electron chi connectivity index (χ4n) is 3.51. The summed E-state index contributed by atoms with van der Waals surface area (Å²) < 4.78 is 23.4. The molecule has 1 aromatic rings. The number of benzene rings is 1. The van der Waals surface area contributed by atoms with Crippen LogP contribution in [0.1, 0.15) is 43.2 Å². The molecule has 0 saturated carbocycles. The SMILES string of the molecule is CN=C(NCCCN1CCCCCC1)NCc1ccc(S(C)(=O)=O)c(C)c1.I. The molecule has 0 amide bonds. The molecule has 0 aromatic heterocycles. The van der Waals surface area contributed by atoms with Crippen LogP contribution in [0.3, 0.4) is 0 Å². The molecule has 160 valence electrons. The van der Waals surface area contributed by atoms with E-state index < -0.39 is 9.84 Å². The molecule has 6 nitrogen and oxygen atoms in total. The van der Waals surface area contributed by atoms with Crippen molar-refractivity contribution < 1.29 is 8.42 Å². The number of nitrogens with zero attached hydrogens (tertiary/aromatic N) is 2. The molecule has 28 heavy (non-hydrogen) atoms. The minimum Gasteiger partial charge on any atom is -0.356 e. The maximum Gasteiger partial charge on any atom is 0.191 e. The number of nitrogens with one attached hydrogen (secondary N) is 2. The molecule has 8 heteroatoms. The fourth-order valence-corrected chi connectivity index (χ4v) is 4.47. The van der Waals surface area contributed by atoms with Crippen molar-refractivity contribution >= 4 is 39.8 Å². The number of hydrogen-bond acceptors (Lipinski definition) is 4. The van der Waals surface area contributed by atoms with E-state index in [0.29, 0.717) is 11.4 Å². The Kier molecular flexibility index (Phi) is 11.4. The number of aryl methyl sites for hydroxylation is 1. The van der Waals surface area contributed by atoms with Crippen molar-refractivity contribution in [2.75, 3.05) is 39.5 Å². The summed E-state index contributed by atoms with van der Waals surface area (Å²) in [5, 5.41) is 6.66. The van der Waals surface area contributed by atoms with Gasteiger partial charge in [-0.15, -0.1) is 24.0 Å². The average Bonchev–Trinajstić information content (AvgIpc) is 2.89. The summed E-state index contributed by atoms with van der Waals surface area (Å²) in [5.74, 6) is 0.774. The Balaban J connectivity index is 0.00000392. The normalized spacial score (nSPS) is 16.2. The van der Waals surface area contributed by atoms with Crippen LogP contribution in [0, 0.1) is 6.92 Å². The van der Waals surface area contributed by atoms with Crippen molar-refractivity contribution in [3.05, 3.63) is 29.3 Å². The van der Waals surface area contributed by atoms with Crippen LogP contribution in [0.4, 0.5) is 0 Å². The standard InChI is InChI=1S/C20H34N4O2S.HI/c1-17-15-18(9-10-19(17)27(3,25)26)16-23-20(21-2)22-11-8-14-24-12-6-4-5-7-13-24;/h9-10,15H,4-8,11-14,16H2,1-3H3,(H2,21,22,23);1H. The van der Waals surface area contributed by atoms with E-state index in [1.54, 1.807) is 13.1 Å². The molecule has 1 aliphatic heterocycles. The fraction of sp³-hybridized carbons (Fsp3) is 0.650. The largest absolute Gasteiger partial charge is 0.356 e. The Labute approximate surface area is 187 Å². The first-order valence-electron chi connectivity index (χ1n) is 9.86. The molecule has 1 aliphatic rings. The van der Waals surface area contributed by atoms with Gasteiger partial charge in [0, 0.05) is 26.4 Å². The Hall–Kier alpha value is -0.870. The number of likely N-dealkylation sites (tertiary alicyclic amines) is 1. The number of rotatable bonds is 7. The predicted octanol–water partition coefficient (Wildman–Crippen LogP) is 2.95. The van der Waals surface area contributed by atoms with Gasteiger partial charge in [0.25, 0.3) is 0 Å². The summed E-state index contributed by atoms with van der Waals surface area (Å²) in [4.78, 5) is 7.22. The number of sulfone groups is 1. The molecule has 0 spiro atoms. The van der Waals surface area contributed by atoms with Crippen molar-refractivity contribution in [3.63, 3.8) is 0 Å². The van der Waals surface area contributed by atoms with Crippen molar-refractivity contribution in [3.8, 4) is 0 Å². The lowest BCUT2D eigenvalue weighted by molar-refractivity contribution is 0.282. The summed E-state index contributed by atoms with van der Waals surface area (Å²) in [5.41, 5.74) is 1.81. The Morgan fingerprint density at radius 3 is 2.39 bits per heavy atom. The monoisotopic (exact) mass is 522 g/mol. The van der Waals surface area contributed by atoms with Gasteiger partial charge in [-0.05, 0) is 63.0 Å². The van der Waals surface area contributed by atoms with Crippen LogP contribution in [0.2, 0.25) is 0 Å². The number of hydrogen-bond donors (Lipinski definition) is 2. The molecule has 2 N–H and O–H groups in total. The third-order valence-electron chi connectivity index (χ3n) is 4.96. The van der Waals surface area contributed by atoms with E-state index in [2.05, 4.69) is 20.5 Å². The van der Waals surface area contributed by atoms with Crippen LogP contribution in [-0.2, 0) is 16.4 Å².